The third kappa shape index (κ3) is 12.3. The van der Waals surface area contributed by atoms with Crippen LogP contribution in [0, 0.1) is 0 Å². The maximum atomic E-state index is 9.53. The lowest BCUT2D eigenvalue weighted by Crippen LogP contribution is -2.19. The highest BCUT2D eigenvalue weighted by Crippen LogP contribution is 2.04. The maximum absolute atomic E-state index is 9.53. The quantitative estimate of drug-likeness (QED) is 0.520. The van der Waals surface area contributed by atoms with E-state index in [9.17, 15) is 5.11 Å². The average molecular weight is 249 g/mol. The average Bonchev–Trinajstić information content (AvgIpc) is 2.28. The van der Waals surface area contributed by atoms with Crippen molar-refractivity contribution in [3.63, 3.8) is 0 Å². The molecule has 3 N–H and O–H groups in total. The van der Waals surface area contributed by atoms with Crippen LogP contribution in [0.1, 0.15) is 39.0 Å². The SMILES string of the molecule is CCCCCCCOCC(O)CSCCN. The molecule has 1 unspecified atom stereocenters. The first-order valence-electron chi connectivity index (χ1n) is 6.34. The molecule has 16 heavy (non-hydrogen) atoms. The zero-order valence-electron chi connectivity index (χ0n) is 10.5. The molecule has 0 bridgehead atoms. The van der Waals surface area contributed by atoms with Crippen LogP contribution in [-0.4, -0.2) is 42.5 Å². The molecule has 1 atom stereocenters. The van der Waals surface area contributed by atoms with Gasteiger partial charge in [0.15, 0.2) is 0 Å². The Hall–Kier alpha value is 0.230. The number of nitrogens with two attached hydrogens (primary N) is 1. The Morgan fingerprint density at radius 1 is 1.25 bits per heavy atom. The smallest absolute Gasteiger partial charge is 0.0863 e. The summed E-state index contributed by atoms with van der Waals surface area (Å²) in [6.45, 7) is 4.13. The van der Waals surface area contributed by atoms with Gasteiger partial charge in [-0.05, 0) is 6.42 Å². The largest absolute Gasteiger partial charge is 0.390 e. The van der Waals surface area contributed by atoms with Crippen molar-refractivity contribution in [1.29, 1.82) is 0 Å². The molecule has 0 aliphatic rings. The second-order valence-corrected chi connectivity index (χ2v) is 5.16. The van der Waals surface area contributed by atoms with Crippen LogP contribution >= 0.6 is 11.8 Å². The number of aliphatic hydroxyl groups is 1. The van der Waals surface area contributed by atoms with Crippen molar-refractivity contribution in [2.24, 2.45) is 5.73 Å². The summed E-state index contributed by atoms with van der Waals surface area (Å²) < 4.78 is 5.41. The molecule has 0 radical (unpaired) electrons. The third-order valence-corrected chi connectivity index (χ3v) is 3.42. The Bertz CT molecular complexity index is 136. The van der Waals surface area contributed by atoms with E-state index in [1.54, 1.807) is 11.8 Å². The van der Waals surface area contributed by atoms with Crippen LogP contribution in [0.25, 0.3) is 0 Å². The van der Waals surface area contributed by atoms with Crippen molar-refractivity contribution in [3.8, 4) is 0 Å². The summed E-state index contributed by atoms with van der Waals surface area (Å²) in [6, 6.07) is 0. The minimum absolute atomic E-state index is 0.341. The van der Waals surface area contributed by atoms with Crippen molar-refractivity contribution in [2.45, 2.75) is 45.1 Å². The van der Waals surface area contributed by atoms with E-state index in [1.165, 1.54) is 25.7 Å². The molecule has 0 heterocycles. The van der Waals surface area contributed by atoms with E-state index in [1.807, 2.05) is 0 Å². The molecule has 0 saturated heterocycles. The highest BCUT2D eigenvalue weighted by atomic mass is 32.2. The summed E-state index contributed by atoms with van der Waals surface area (Å²) >= 11 is 1.68. The predicted octanol–water partition coefficient (Wildman–Crippen LogP) is 2.03. The molecule has 0 aromatic heterocycles. The van der Waals surface area contributed by atoms with Gasteiger partial charge in [0.05, 0.1) is 12.7 Å². The van der Waals surface area contributed by atoms with Gasteiger partial charge in [0.25, 0.3) is 0 Å². The lowest BCUT2D eigenvalue weighted by Gasteiger charge is -2.10. The van der Waals surface area contributed by atoms with Gasteiger partial charge in [0.1, 0.15) is 0 Å². The molecule has 0 aromatic rings. The van der Waals surface area contributed by atoms with E-state index in [-0.39, 0.29) is 6.10 Å². The summed E-state index contributed by atoms with van der Waals surface area (Å²) in [5.41, 5.74) is 5.36. The molecule has 0 aliphatic heterocycles. The first-order valence-corrected chi connectivity index (χ1v) is 7.50. The van der Waals surface area contributed by atoms with Gasteiger partial charge in [-0.2, -0.15) is 11.8 Å². The first-order chi connectivity index (χ1) is 7.81. The summed E-state index contributed by atoms with van der Waals surface area (Å²) in [6.07, 6.45) is 5.91. The number of hydrogen-bond donors (Lipinski definition) is 2. The zero-order chi connectivity index (χ0) is 12.1. The molecule has 3 nitrogen and oxygen atoms in total. The van der Waals surface area contributed by atoms with Gasteiger partial charge < -0.3 is 15.6 Å². The number of unbranched alkanes of at least 4 members (excludes halogenated alkanes) is 4. The minimum Gasteiger partial charge on any atom is -0.390 e. The molecule has 0 aromatic carbocycles. The van der Waals surface area contributed by atoms with Gasteiger partial charge in [0, 0.05) is 24.7 Å². The lowest BCUT2D eigenvalue weighted by atomic mass is 10.2. The zero-order valence-corrected chi connectivity index (χ0v) is 11.3. The summed E-state index contributed by atoms with van der Waals surface area (Å²) in [4.78, 5) is 0. The van der Waals surface area contributed by atoms with Crippen LogP contribution in [0.2, 0.25) is 0 Å². The van der Waals surface area contributed by atoms with E-state index in [4.69, 9.17) is 10.5 Å². The molecule has 0 aliphatic carbocycles. The number of ether oxygens (including phenoxy) is 1. The van der Waals surface area contributed by atoms with E-state index < -0.39 is 0 Å². The molecule has 0 amide bonds. The Morgan fingerprint density at radius 2 is 2.00 bits per heavy atom. The van der Waals surface area contributed by atoms with Crippen molar-refractivity contribution < 1.29 is 9.84 Å². The van der Waals surface area contributed by atoms with Crippen molar-refractivity contribution in [3.05, 3.63) is 0 Å². The molecule has 0 spiro atoms. The van der Waals surface area contributed by atoms with Crippen LogP contribution in [0.3, 0.4) is 0 Å². The number of thioether (sulfide) groups is 1. The van der Waals surface area contributed by atoms with Gasteiger partial charge in [-0.15, -0.1) is 0 Å². The fraction of sp³-hybridized carbons (Fsp3) is 1.00. The van der Waals surface area contributed by atoms with Crippen molar-refractivity contribution in [2.75, 3.05) is 31.3 Å². The van der Waals surface area contributed by atoms with E-state index in [0.717, 1.165) is 24.5 Å². The highest BCUT2D eigenvalue weighted by Gasteiger charge is 2.03. The minimum atomic E-state index is -0.341. The summed E-state index contributed by atoms with van der Waals surface area (Å²) in [5, 5.41) is 9.53. The molecule has 98 valence electrons. The van der Waals surface area contributed by atoms with Gasteiger partial charge in [-0.1, -0.05) is 32.6 Å². The fourth-order valence-corrected chi connectivity index (χ4v) is 2.08. The van der Waals surface area contributed by atoms with E-state index in [0.29, 0.717) is 13.2 Å². The van der Waals surface area contributed by atoms with Crippen LogP contribution < -0.4 is 5.73 Å². The Labute approximate surface area is 104 Å². The number of aliphatic hydroxyl groups excluding tert-OH is 1. The van der Waals surface area contributed by atoms with Crippen LogP contribution in [0.5, 0.6) is 0 Å². The van der Waals surface area contributed by atoms with E-state index >= 15 is 0 Å². The maximum Gasteiger partial charge on any atom is 0.0863 e. The Balaban J connectivity index is 3.06. The van der Waals surface area contributed by atoms with Crippen LogP contribution in [-0.2, 0) is 4.74 Å². The molecular weight excluding hydrogens is 222 g/mol. The molecule has 0 saturated carbocycles. The Morgan fingerprint density at radius 3 is 2.69 bits per heavy atom. The highest BCUT2D eigenvalue weighted by molar-refractivity contribution is 7.99. The second-order valence-electron chi connectivity index (χ2n) is 4.01. The summed E-state index contributed by atoms with van der Waals surface area (Å²) in [7, 11) is 0. The van der Waals surface area contributed by atoms with Crippen LogP contribution in [0.4, 0.5) is 0 Å². The topological polar surface area (TPSA) is 55.5 Å². The van der Waals surface area contributed by atoms with E-state index in [2.05, 4.69) is 6.92 Å². The van der Waals surface area contributed by atoms with Gasteiger partial charge in [-0.3, -0.25) is 0 Å². The predicted molar refractivity (Wildman–Crippen MR) is 72.0 cm³/mol. The Kier molecular flexibility index (Phi) is 13.5. The summed E-state index contributed by atoms with van der Waals surface area (Å²) in [5.74, 6) is 1.64. The molecular formula is C12H27NO2S. The number of hydrogen-bond acceptors (Lipinski definition) is 4. The molecule has 0 fully saturated rings. The molecule has 4 heteroatoms. The van der Waals surface area contributed by atoms with Gasteiger partial charge >= 0.3 is 0 Å². The van der Waals surface area contributed by atoms with Gasteiger partial charge in [-0.25, -0.2) is 0 Å². The van der Waals surface area contributed by atoms with Crippen LogP contribution in [0.15, 0.2) is 0 Å². The van der Waals surface area contributed by atoms with Gasteiger partial charge in [0.2, 0.25) is 0 Å². The first kappa shape index (κ1) is 16.2. The standard InChI is InChI=1S/C12H27NO2S/c1-2-3-4-5-6-8-15-10-12(14)11-16-9-7-13/h12,14H,2-11,13H2,1H3. The monoisotopic (exact) mass is 249 g/mol. The van der Waals surface area contributed by atoms with Crippen molar-refractivity contribution >= 4 is 11.8 Å². The third-order valence-electron chi connectivity index (χ3n) is 2.27. The second kappa shape index (κ2) is 13.3. The fourth-order valence-electron chi connectivity index (χ4n) is 1.38. The normalized spacial score (nSPS) is 12.9. The lowest BCUT2D eigenvalue weighted by molar-refractivity contribution is 0.0468. The molecule has 0 rings (SSSR count). The number of rotatable bonds is 12. The van der Waals surface area contributed by atoms with Crippen molar-refractivity contribution in [1.82, 2.24) is 0 Å².